The first kappa shape index (κ1) is 15.0. The number of aryl methyl sites for hydroxylation is 2. The van der Waals surface area contributed by atoms with Crippen LogP contribution in [0.1, 0.15) is 37.6 Å². The zero-order valence-corrected chi connectivity index (χ0v) is 12.2. The number of aromatic nitrogens is 2. The van der Waals surface area contributed by atoms with Crippen molar-refractivity contribution in [2.75, 3.05) is 7.11 Å². The van der Waals surface area contributed by atoms with E-state index in [2.05, 4.69) is 16.9 Å². The predicted molar refractivity (Wildman–Crippen MR) is 72.7 cm³/mol. The summed E-state index contributed by atoms with van der Waals surface area (Å²) in [5, 5.41) is 0.440. The quantitative estimate of drug-likeness (QED) is 0.451. The molecule has 1 aromatic heterocycles. The van der Waals surface area contributed by atoms with Gasteiger partial charge in [-0.15, -0.1) is 0 Å². The number of unbranched alkanes of at least 4 members (excludes halogenated alkanes) is 1. The molecule has 0 saturated carbocycles. The van der Waals surface area contributed by atoms with Crippen LogP contribution in [0.2, 0.25) is 0 Å². The first-order chi connectivity index (χ1) is 8.56. The molecule has 0 radical (unpaired) electrons. The molecule has 0 bridgehead atoms. The summed E-state index contributed by atoms with van der Waals surface area (Å²) in [6.07, 6.45) is 2.85. The first-order valence-electron chi connectivity index (χ1n) is 6.13. The van der Waals surface area contributed by atoms with Gasteiger partial charge in [-0.3, -0.25) is 4.79 Å². The molecular formula is C13H20N2O2S. The fourth-order valence-electron chi connectivity index (χ4n) is 1.62. The standard InChI is InChI=1S/C13H20N2O2S/c1-5-6-7-11(12(16)17-4)18-13-14-9(2)8-10(3)15-13/h8,11H,5-7H2,1-4H3. The van der Waals surface area contributed by atoms with Crippen LogP contribution < -0.4 is 0 Å². The number of rotatable bonds is 6. The lowest BCUT2D eigenvalue weighted by atomic mass is 10.2. The molecule has 0 N–H and O–H groups in total. The van der Waals surface area contributed by atoms with Crippen molar-refractivity contribution in [2.45, 2.75) is 50.4 Å². The number of hydrogen-bond acceptors (Lipinski definition) is 5. The summed E-state index contributed by atoms with van der Waals surface area (Å²) in [5.41, 5.74) is 1.84. The van der Waals surface area contributed by atoms with Gasteiger partial charge in [0.15, 0.2) is 5.16 Å². The molecule has 1 atom stereocenters. The lowest BCUT2D eigenvalue weighted by molar-refractivity contribution is -0.140. The highest BCUT2D eigenvalue weighted by Crippen LogP contribution is 2.25. The monoisotopic (exact) mass is 268 g/mol. The van der Waals surface area contributed by atoms with Gasteiger partial charge in [0.2, 0.25) is 0 Å². The van der Waals surface area contributed by atoms with E-state index in [4.69, 9.17) is 4.74 Å². The molecular weight excluding hydrogens is 248 g/mol. The van der Waals surface area contributed by atoms with Gasteiger partial charge in [-0.05, 0) is 26.3 Å². The van der Waals surface area contributed by atoms with Crippen LogP contribution in [0.5, 0.6) is 0 Å². The molecule has 0 spiro atoms. The molecule has 0 aliphatic heterocycles. The summed E-state index contributed by atoms with van der Waals surface area (Å²) in [5.74, 6) is -0.198. The van der Waals surface area contributed by atoms with Crippen molar-refractivity contribution < 1.29 is 9.53 Å². The van der Waals surface area contributed by atoms with E-state index in [0.717, 1.165) is 30.7 Å². The van der Waals surface area contributed by atoms with Gasteiger partial charge in [-0.1, -0.05) is 31.5 Å². The molecule has 5 heteroatoms. The smallest absolute Gasteiger partial charge is 0.319 e. The maximum atomic E-state index is 11.7. The van der Waals surface area contributed by atoms with E-state index >= 15 is 0 Å². The van der Waals surface area contributed by atoms with Crippen molar-refractivity contribution in [3.63, 3.8) is 0 Å². The molecule has 0 aromatic carbocycles. The van der Waals surface area contributed by atoms with Gasteiger partial charge in [0.25, 0.3) is 0 Å². The van der Waals surface area contributed by atoms with Crippen molar-refractivity contribution in [1.29, 1.82) is 0 Å². The van der Waals surface area contributed by atoms with Crippen molar-refractivity contribution in [3.8, 4) is 0 Å². The normalized spacial score (nSPS) is 12.2. The van der Waals surface area contributed by atoms with Gasteiger partial charge in [-0.2, -0.15) is 0 Å². The molecule has 100 valence electrons. The first-order valence-corrected chi connectivity index (χ1v) is 7.01. The third-order valence-electron chi connectivity index (χ3n) is 2.49. The Morgan fingerprint density at radius 3 is 2.50 bits per heavy atom. The lowest BCUT2D eigenvalue weighted by Crippen LogP contribution is -2.19. The Hall–Kier alpha value is -1.10. The van der Waals surface area contributed by atoms with E-state index in [1.165, 1.54) is 18.9 Å². The van der Waals surface area contributed by atoms with Crippen molar-refractivity contribution in [2.24, 2.45) is 0 Å². The molecule has 4 nitrogen and oxygen atoms in total. The number of thioether (sulfide) groups is 1. The van der Waals surface area contributed by atoms with Crippen molar-refractivity contribution in [1.82, 2.24) is 9.97 Å². The Labute approximate surface area is 113 Å². The Morgan fingerprint density at radius 2 is 2.00 bits per heavy atom. The van der Waals surface area contributed by atoms with Gasteiger partial charge < -0.3 is 4.74 Å². The Bertz CT molecular complexity index is 390. The molecule has 0 amide bonds. The van der Waals surface area contributed by atoms with E-state index in [-0.39, 0.29) is 11.2 Å². The van der Waals surface area contributed by atoms with E-state index in [1.54, 1.807) is 0 Å². The van der Waals surface area contributed by atoms with E-state index < -0.39 is 0 Å². The van der Waals surface area contributed by atoms with Crippen LogP contribution in [-0.2, 0) is 9.53 Å². The van der Waals surface area contributed by atoms with E-state index in [9.17, 15) is 4.79 Å². The summed E-state index contributed by atoms with van der Waals surface area (Å²) in [4.78, 5) is 20.4. The Balaban J connectivity index is 2.78. The van der Waals surface area contributed by atoms with Crippen LogP contribution in [0.4, 0.5) is 0 Å². The molecule has 1 heterocycles. The van der Waals surface area contributed by atoms with Crippen LogP contribution in [-0.4, -0.2) is 28.3 Å². The molecule has 0 aliphatic rings. The SMILES string of the molecule is CCCCC(Sc1nc(C)cc(C)n1)C(=O)OC. The number of hydrogen-bond donors (Lipinski definition) is 0. The van der Waals surface area contributed by atoms with Gasteiger partial charge in [0.1, 0.15) is 5.25 Å². The second kappa shape index (κ2) is 7.36. The maximum Gasteiger partial charge on any atom is 0.319 e. The van der Waals surface area contributed by atoms with Crippen LogP contribution in [0.25, 0.3) is 0 Å². The van der Waals surface area contributed by atoms with E-state index in [0.29, 0.717) is 5.16 Å². The van der Waals surface area contributed by atoms with Crippen LogP contribution in [0.15, 0.2) is 11.2 Å². The fourth-order valence-corrected chi connectivity index (χ4v) is 2.74. The average Bonchev–Trinajstić information content (AvgIpc) is 2.32. The van der Waals surface area contributed by atoms with Crippen LogP contribution in [0, 0.1) is 13.8 Å². The minimum absolute atomic E-state index is 0.198. The number of carbonyl (C=O) groups is 1. The summed E-state index contributed by atoms with van der Waals surface area (Å²) in [7, 11) is 1.42. The largest absolute Gasteiger partial charge is 0.468 e. The van der Waals surface area contributed by atoms with E-state index in [1.807, 2.05) is 19.9 Å². The molecule has 0 fully saturated rings. The summed E-state index contributed by atoms with van der Waals surface area (Å²) >= 11 is 1.39. The summed E-state index contributed by atoms with van der Waals surface area (Å²) in [6.45, 7) is 5.96. The Kier molecular flexibility index (Phi) is 6.12. The second-order valence-corrected chi connectivity index (χ2v) is 5.38. The third-order valence-corrected chi connectivity index (χ3v) is 3.60. The zero-order valence-electron chi connectivity index (χ0n) is 11.4. The number of nitrogens with zero attached hydrogens (tertiary/aromatic N) is 2. The van der Waals surface area contributed by atoms with Gasteiger partial charge in [0.05, 0.1) is 7.11 Å². The van der Waals surface area contributed by atoms with Gasteiger partial charge in [-0.25, -0.2) is 9.97 Å². The maximum absolute atomic E-state index is 11.7. The number of carbonyl (C=O) groups excluding carboxylic acids is 1. The summed E-state index contributed by atoms with van der Waals surface area (Å²) in [6, 6.07) is 1.92. The lowest BCUT2D eigenvalue weighted by Gasteiger charge is -2.13. The highest BCUT2D eigenvalue weighted by atomic mass is 32.2. The van der Waals surface area contributed by atoms with Crippen molar-refractivity contribution >= 4 is 17.7 Å². The minimum atomic E-state index is -0.212. The fraction of sp³-hybridized carbons (Fsp3) is 0.615. The van der Waals surface area contributed by atoms with Crippen LogP contribution in [0.3, 0.4) is 0 Å². The minimum Gasteiger partial charge on any atom is -0.468 e. The zero-order chi connectivity index (χ0) is 13.5. The molecule has 0 saturated heterocycles. The highest BCUT2D eigenvalue weighted by Gasteiger charge is 2.21. The van der Waals surface area contributed by atoms with Crippen molar-refractivity contribution in [3.05, 3.63) is 17.5 Å². The number of ether oxygens (including phenoxy) is 1. The van der Waals surface area contributed by atoms with Gasteiger partial charge in [0, 0.05) is 11.4 Å². The number of methoxy groups -OCH3 is 1. The third kappa shape index (κ3) is 4.64. The number of esters is 1. The molecule has 0 aliphatic carbocycles. The molecule has 1 unspecified atom stereocenters. The predicted octanol–water partition coefficient (Wildman–Crippen LogP) is 2.92. The summed E-state index contributed by atoms with van der Waals surface area (Å²) < 4.78 is 4.83. The highest BCUT2D eigenvalue weighted by molar-refractivity contribution is 8.00. The second-order valence-electron chi connectivity index (χ2n) is 4.21. The average molecular weight is 268 g/mol. The topological polar surface area (TPSA) is 52.1 Å². The van der Waals surface area contributed by atoms with Crippen LogP contribution >= 0.6 is 11.8 Å². The van der Waals surface area contributed by atoms with Gasteiger partial charge >= 0.3 is 5.97 Å². The Morgan fingerprint density at radius 1 is 1.39 bits per heavy atom. The molecule has 1 rings (SSSR count). The molecule has 18 heavy (non-hydrogen) atoms. The molecule has 1 aromatic rings.